The molecule has 0 amide bonds. The molecule has 1 heterocycles. The number of carbonyl (C=O) groups is 1. The van der Waals surface area contributed by atoms with Gasteiger partial charge in [-0.3, -0.25) is 4.72 Å². The fourth-order valence-electron chi connectivity index (χ4n) is 1.81. The molecule has 1 aromatic heterocycles. The average Bonchev–Trinajstić information content (AvgIpc) is 2.89. The van der Waals surface area contributed by atoms with Gasteiger partial charge in [0.2, 0.25) is 10.0 Å². The molecule has 0 bridgehead atoms. The van der Waals surface area contributed by atoms with Crippen molar-refractivity contribution >= 4 is 33.0 Å². The van der Waals surface area contributed by atoms with E-state index in [0.29, 0.717) is 5.75 Å². The van der Waals surface area contributed by atoms with E-state index >= 15 is 0 Å². The standard InChI is InChI=1S/C15H17NO5S2/c1-11-4-3-5-12(10-11)20-7-8-21-15(17)14-13(6-9-22-14)16-23(2,18)19/h3-6,9-10,16H,7-8H2,1-2H3. The van der Waals surface area contributed by atoms with Crippen LogP contribution in [0.2, 0.25) is 0 Å². The van der Waals surface area contributed by atoms with Crippen molar-refractivity contribution < 1.29 is 22.7 Å². The molecule has 124 valence electrons. The van der Waals surface area contributed by atoms with Crippen molar-refractivity contribution in [3.05, 3.63) is 46.2 Å². The maximum Gasteiger partial charge on any atom is 0.350 e. The molecule has 1 aromatic carbocycles. The predicted molar refractivity (Wildman–Crippen MR) is 89.7 cm³/mol. The summed E-state index contributed by atoms with van der Waals surface area (Å²) in [6.07, 6.45) is 1.02. The zero-order valence-corrected chi connectivity index (χ0v) is 14.4. The van der Waals surface area contributed by atoms with E-state index < -0.39 is 16.0 Å². The van der Waals surface area contributed by atoms with Crippen LogP contribution in [-0.4, -0.2) is 33.9 Å². The summed E-state index contributed by atoms with van der Waals surface area (Å²) in [5, 5.41) is 1.62. The van der Waals surface area contributed by atoms with Crippen LogP contribution in [0.25, 0.3) is 0 Å². The lowest BCUT2D eigenvalue weighted by Crippen LogP contribution is -2.15. The summed E-state index contributed by atoms with van der Waals surface area (Å²) < 4.78 is 35.3. The van der Waals surface area contributed by atoms with E-state index in [1.165, 1.54) is 6.07 Å². The van der Waals surface area contributed by atoms with Crippen molar-refractivity contribution in [1.82, 2.24) is 0 Å². The van der Waals surface area contributed by atoms with Crippen LogP contribution < -0.4 is 9.46 Å². The molecule has 0 aliphatic heterocycles. The van der Waals surface area contributed by atoms with E-state index in [9.17, 15) is 13.2 Å². The van der Waals surface area contributed by atoms with Crippen LogP contribution in [0, 0.1) is 6.92 Å². The third-order valence-electron chi connectivity index (χ3n) is 2.72. The molecule has 23 heavy (non-hydrogen) atoms. The molecule has 0 aliphatic carbocycles. The number of hydrogen-bond donors (Lipinski definition) is 1. The smallest absolute Gasteiger partial charge is 0.350 e. The lowest BCUT2D eigenvalue weighted by molar-refractivity contribution is 0.0457. The Morgan fingerprint density at radius 3 is 2.74 bits per heavy atom. The van der Waals surface area contributed by atoms with Crippen molar-refractivity contribution in [2.45, 2.75) is 6.92 Å². The Labute approximate surface area is 139 Å². The van der Waals surface area contributed by atoms with E-state index in [2.05, 4.69) is 4.72 Å². The van der Waals surface area contributed by atoms with Gasteiger partial charge in [0.15, 0.2) is 0 Å². The Balaban J connectivity index is 1.85. The summed E-state index contributed by atoms with van der Waals surface area (Å²) in [6, 6.07) is 9.06. The Bertz CT molecular complexity index is 783. The Hall–Kier alpha value is -2.06. The van der Waals surface area contributed by atoms with Crippen LogP contribution in [0.5, 0.6) is 5.75 Å². The molecule has 8 heteroatoms. The van der Waals surface area contributed by atoms with Crippen molar-refractivity contribution in [2.24, 2.45) is 0 Å². The monoisotopic (exact) mass is 355 g/mol. The number of anilines is 1. The van der Waals surface area contributed by atoms with Crippen molar-refractivity contribution in [2.75, 3.05) is 24.2 Å². The maximum absolute atomic E-state index is 12.0. The summed E-state index contributed by atoms with van der Waals surface area (Å²) in [7, 11) is -3.44. The largest absolute Gasteiger partial charge is 0.490 e. The Kier molecular flexibility index (Phi) is 5.62. The number of rotatable bonds is 7. The second-order valence-electron chi connectivity index (χ2n) is 4.84. The molecule has 0 aliphatic rings. The van der Waals surface area contributed by atoms with Crippen LogP contribution in [-0.2, 0) is 14.8 Å². The van der Waals surface area contributed by atoms with Gasteiger partial charge in [-0.2, -0.15) is 0 Å². The third-order valence-corrected chi connectivity index (χ3v) is 4.21. The highest BCUT2D eigenvalue weighted by molar-refractivity contribution is 7.92. The Morgan fingerprint density at radius 2 is 2.04 bits per heavy atom. The molecule has 2 rings (SSSR count). The average molecular weight is 355 g/mol. The van der Waals surface area contributed by atoms with Gasteiger partial charge in [-0.25, -0.2) is 13.2 Å². The van der Waals surface area contributed by atoms with Crippen molar-refractivity contribution in [3.63, 3.8) is 0 Å². The van der Waals surface area contributed by atoms with Crippen LogP contribution in [0.15, 0.2) is 35.7 Å². The molecule has 0 atom stereocenters. The first-order chi connectivity index (χ1) is 10.8. The first kappa shape index (κ1) is 17.3. The summed E-state index contributed by atoms with van der Waals surface area (Å²) in [4.78, 5) is 12.2. The zero-order chi connectivity index (χ0) is 16.9. The molecule has 0 saturated heterocycles. The van der Waals surface area contributed by atoms with Gasteiger partial charge < -0.3 is 9.47 Å². The van der Waals surface area contributed by atoms with Crippen LogP contribution in [0.4, 0.5) is 5.69 Å². The Morgan fingerprint density at radius 1 is 1.26 bits per heavy atom. The topological polar surface area (TPSA) is 81.7 Å². The number of esters is 1. The molecule has 1 N–H and O–H groups in total. The number of thiophene rings is 1. The van der Waals surface area contributed by atoms with Gasteiger partial charge >= 0.3 is 5.97 Å². The normalized spacial score (nSPS) is 11.0. The number of ether oxygens (including phenoxy) is 2. The SMILES string of the molecule is Cc1cccc(OCCOC(=O)c2sccc2NS(C)(=O)=O)c1. The van der Waals surface area contributed by atoms with Crippen molar-refractivity contribution in [3.8, 4) is 5.75 Å². The number of sulfonamides is 1. The fraction of sp³-hybridized carbons (Fsp3) is 0.267. The zero-order valence-electron chi connectivity index (χ0n) is 12.7. The molecular formula is C15H17NO5S2. The molecule has 2 aromatic rings. The number of carbonyl (C=O) groups excluding carboxylic acids is 1. The number of hydrogen-bond acceptors (Lipinski definition) is 6. The predicted octanol–water partition coefficient (Wildman–Crippen LogP) is 2.66. The minimum absolute atomic E-state index is 0.0724. The summed E-state index contributed by atoms with van der Waals surface area (Å²) in [6.45, 7) is 2.25. The molecular weight excluding hydrogens is 338 g/mol. The number of nitrogens with one attached hydrogen (secondary N) is 1. The molecule has 0 fully saturated rings. The minimum atomic E-state index is -3.44. The lowest BCUT2D eigenvalue weighted by Gasteiger charge is -2.08. The fourth-order valence-corrected chi connectivity index (χ4v) is 3.19. The van der Waals surface area contributed by atoms with Gasteiger partial charge in [-0.05, 0) is 36.1 Å². The first-order valence-electron chi connectivity index (χ1n) is 6.77. The second-order valence-corrected chi connectivity index (χ2v) is 7.50. The molecule has 0 saturated carbocycles. The van der Waals surface area contributed by atoms with Gasteiger partial charge in [0.1, 0.15) is 23.8 Å². The van der Waals surface area contributed by atoms with Crippen LogP contribution in [0.3, 0.4) is 0 Å². The summed E-state index contributed by atoms with van der Waals surface area (Å²) in [5.41, 5.74) is 1.30. The molecule has 6 nitrogen and oxygen atoms in total. The van der Waals surface area contributed by atoms with Gasteiger partial charge in [-0.1, -0.05) is 12.1 Å². The summed E-state index contributed by atoms with van der Waals surface area (Å²) >= 11 is 1.11. The van der Waals surface area contributed by atoms with E-state index in [4.69, 9.17) is 9.47 Å². The number of aryl methyl sites for hydroxylation is 1. The van der Waals surface area contributed by atoms with Crippen LogP contribution >= 0.6 is 11.3 Å². The van der Waals surface area contributed by atoms with E-state index in [1.807, 2.05) is 31.2 Å². The number of benzene rings is 1. The highest BCUT2D eigenvalue weighted by atomic mass is 32.2. The highest BCUT2D eigenvalue weighted by Gasteiger charge is 2.17. The van der Waals surface area contributed by atoms with E-state index in [-0.39, 0.29) is 23.8 Å². The maximum atomic E-state index is 12.0. The highest BCUT2D eigenvalue weighted by Crippen LogP contribution is 2.24. The van der Waals surface area contributed by atoms with E-state index in [0.717, 1.165) is 23.2 Å². The lowest BCUT2D eigenvalue weighted by atomic mass is 10.2. The first-order valence-corrected chi connectivity index (χ1v) is 9.54. The minimum Gasteiger partial charge on any atom is -0.490 e. The quantitative estimate of drug-likeness (QED) is 0.610. The van der Waals surface area contributed by atoms with Gasteiger partial charge in [0, 0.05) is 0 Å². The second kappa shape index (κ2) is 7.47. The summed E-state index contributed by atoms with van der Waals surface area (Å²) in [5.74, 6) is 0.121. The van der Waals surface area contributed by atoms with Gasteiger partial charge in [0.25, 0.3) is 0 Å². The van der Waals surface area contributed by atoms with Gasteiger partial charge in [-0.15, -0.1) is 11.3 Å². The van der Waals surface area contributed by atoms with Crippen LogP contribution in [0.1, 0.15) is 15.2 Å². The molecule has 0 radical (unpaired) electrons. The molecule has 0 unspecified atom stereocenters. The third kappa shape index (κ3) is 5.57. The van der Waals surface area contributed by atoms with Gasteiger partial charge in [0.05, 0.1) is 11.9 Å². The molecule has 0 spiro atoms. The van der Waals surface area contributed by atoms with E-state index in [1.54, 1.807) is 5.38 Å². The van der Waals surface area contributed by atoms with Crippen molar-refractivity contribution in [1.29, 1.82) is 0 Å².